The van der Waals surface area contributed by atoms with Crippen molar-refractivity contribution in [3.8, 4) is 0 Å². The zero-order chi connectivity index (χ0) is 22.1. The molecule has 7 heteroatoms. The van der Waals surface area contributed by atoms with Crippen LogP contribution in [0.15, 0.2) is 42.6 Å². The highest BCUT2D eigenvalue weighted by Gasteiger charge is 2.23. The van der Waals surface area contributed by atoms with E-state index in [-0.39, 0.29) is 5.91 Å². The summed E-state index contributed by atoms with van der Waals surface area (Å²) in [4.78, 5) is 25.1. The first kappa shape index (κ1) is 20.5. The van der Waals surface area contributed by atoms with Crippen LogP contribution in [-0.4, -0.2) is 47.0 Å². The number of amides is 1. The van der Waals surface area contributed by atoms with Gasteiger partial charge in [-0.05, 0) is 55.2 Å². The molecule has 2 fully saturated rings. The summed E-state index contributed by atoms with van der Waals surface area (Å²) < 4.78 is 0. The van der Waals surface area contributed by atoms with Gasteiger partial charge in [-0.1, -0.05) is 12.8 Å². The average molecular weight is 431 g/mol. The smallest absolute Gasteiger partial charge is 0.227 e. The summed E-state index contributed by atoms with van der Waals surface area (Å²) >= 11 is 0. The van der Waals surface area contributed by atoms with Gasteiger partial charge in [-0.2, -0.15) is 0 Å². The third-order valence-corrected chi connectivity index (χ3v) is 6.80. The van der Waals surface area contributed by atoms with E-state index in [1.165, 1.54) is 31.2 Å². The molecule has 1 saturated carbocycles. The number of carbonyl (C=O) groups excluding carboxylic acids is 1. The highest BCUT2D eigenvalue weighted by molar-refractivity contribution is 5.87. The Balaban J connectivity index is 1.33. The van der Waals surface area contributed by atoms with Crippen molar-refractivity contribution < 1.29 is 4.79 Å². The molecule has 1 aliphatic heterocycles. The van der Waals surface area contributed by atoms with E-state index in [4.69, 9.17) is 10.7 Å². The second-order valence-corrected chi connectivity index (χ2v) is 8.85. The lowest BCUT2D eigenvalue weighted by atomic mass is 9.93. The molecular weight excluding hydrogens is 400 g/mol. The molecule has 2 heterocycles. The van der Waals surface area contributed by atoms with Crippen molar-refractivity contribution in [1.29, 1.82) is 0 Å². The Bertz CT molecular complexity index is 1120. The molecule has 0 atom stereocenters. The van der Waals surface area contributed by atoms with E-state index in [9.17, 15) is 4.79 Å². The molecule has 5 rings (SSSR count). The number of piperazine rings is 1. The van der Waals surface area contributed by atoms with Gasteiger partial charge in [0.2, 0.25) is 11.9 Å². The molecule has 1 amide bonds. The number of rotatable bonds is 4. The van der Waals surface area contributed by atoms with Crippen LogP contribution in [0.1, 0.15) is 44.1 Å². The quantitative estimate of drug-likeness (QED) is 0.601. The number of hydrogen-bond donors (Lipinski definition) is 2. The number of hydrogen-bond acceptors (Lipinski definition) is 6. The van der Waals surface area contributed by atoms with Gasteiger partial charge < -0.3 is 20.9 Å². The molecule has 1 aliphatic carbocycles. The molecule has 3 N–H and O–H groups in total. The summed E-state index contributed by atoms with van der Waals surface area (Å²) in [6.07, 6.45) is 6.75. The van der Waals surface area contributed by atoms with Crippen LogP contribution in [0.2, 0.25) is 0 Å². The van der Waals surface area contributed by atoms with E-state index >= 15 is 0 Å². The molecule has 2 aromatic carbocycles. The zero-order valence-corrected chi connectivity index (χ0v) is 18.6. The topological polar surface area (TPSA) is 87.4 Å². The summed E-state index contributed by atoms with van der Waals surface area (Å²) in [5.74, 6) is 1.23. The van der Waals surface area contributed by atoms with Gasteiger partial charge in [0.25, 0.3) is 0 Å². The standard InChI is InChI=1S/C25H30N6O/c1-17(32)30-12-14-31(15-13-30)21-9-7-20(8-10-21)28-25-27-16-19-6-11-22(26)23(24(19)29-25)18-4-2-3-5-18/h6-11,16,18H,2-5,12-15,26H2,1H3,(H,27,28,29). The van der Waals surface area contributed by atoms with Crippen molar-refractivity contribution in [1.82, 2.24) is 14.9 Å². The van der Waals surface area contributed by atoms with Gasteiger partial charge in [0.05, 0.1) is 5.52 Å². The average Bonchev–Trinajstić information content (AvgIpc) is 3.34. The summed E-state index contributed by atoms with van der Waals surface area (Å²) in [7, 11) is 0. The minimum absolute atomic E-state index is 0.150. The van der Waals surface area contributed by atoms with Crippen molar-refractivity contribution in [2.45, 2.75) is 38.5 Å². The van der Waals surface area contributed by atoms with E-state index < -0.39 is 0 Å². The minimum atomic E-state index is 0.150. The fourth-order valence-corrected chi connectivity index (χ4v) is 5.00. The van der Waals surface area contributed by atoms with Gasteiger partial charge in [-0.3, -0.25) is 4.79 Å². The fourth-order valence-electron chi connectivity index (χ4n) is 5.00. The zero-order valence-electron chi connectivity index (χ0n) is 18.6. The van der Waals surface area contributed by atoms with Crippen molar-refractivity contribution in [3.05, 3.63) is 48.2 Å². The molecule has 1 aromatic heterocycles. The van der Waals surface area contributed by atoms with E-state index in [1.54, 1.807) is 6.92 Å². The maximum Gasteiger partial charge on any atom is 0.227 e. The third-order valence-electron chi connectivity index (χ3n) is 6.80. The van der Waals surface area contributed by atoms with Crippen molar-refractivity contribution in [2.75, 3.05) is 42.1 Å². The molecule has 0 spiro atoms. The Hall–Kier alpha value is -3.35. The van der Waals surface area contributed by atoms with Gasteiger partial charge in [0, 0.05) is 67.3 Å². The Morgan fingerprint density at radius 1 is 1.03 bits per heavy atom. The first-order valence-corrected chi connectivity index (χ1v) is 11.5. The van der Waals surface area contributed by atoms with Gasteiger partial charge in [0.15, 0.2) is 0 Å². The number of benzene rings is 2. The lowest BCUT2D eigenvalue weighted by Crippen LogP contribution is -2.48. The number of aromatic nitrogens is 2. The van der Waals surface area contributed by atoms with Crippen LogP contribution in [0.25, 0.3) is 10.9 Å². The molecule has 7 nitrogen and oxygen atoms in total. The molecule has 3 aromatic rings. The third kappa shape index (κ3) is 4.07. The normalized spacial score (nSPS) is 17.2. The fraction of sp³-hybridized carbons (Fsp3) is 0.400. The van der Waals surface area contributed by atoms with E-state index in [0.29, 0.717) is 11.9 Å². The second-order valence-electron chi connectivity index (χ2n) is 8.85. The van der Waals surface area contributed by atoms with E-state index in [1.807, 2.05) is 23.2 Å². The van der Waals surface area contributed by atoms with Crippen LogP contribution in [0.5, 0.6) is 0 Å². The molecule has 1 saturated heterocycles. The highest BCUT2D eigenvalue weighted by Crippen LogP contribution is 2.40. The van der Waals surface area contributed by atoms with E-state index in [0.717, 1.165) is 54.1 Å². The van der Waals surface area contributed by atoms with Gasteiger partial charge >= 0.3 is 0 Å². The number of nitrogens with zero attached hydrogens (tertiary/aromatic N) is 4. The predicted octanol–water partition coefficient (Wildman–Crippen LogP) is 4.28. The lowest BCUT2D eigenvalue weighted by Gasteiger charge is -2.35. The van der Waals surface area contributed by atoms with Crippen LogP contribution in [-0.2, 0) is 4.79 Å². The molecule has 0 unspecified atom stereocenters. The predicted molar refractivity (Wildman–Crippen MR) is 129 cm³/mol. The second kappa shape index (κ2) is 8.65. The molecule has 0 radical (unpaired) electrons. The van der Waals surface area contributed by atoms with Crippen LogP contribution >= 0.6 is 0 Å². The first-order chi connectivity index (χ1) is 15.6. The lowest BCUT2D eigenvalue weighted by molar-refractivity contribution is -0.129. The summed E-state index contributed by atoms with van der Waals surface area (Å²) in [5, 5.41) is 4.38. The molecular formula is C25H30N6O. The minimum Gasteiger partial charge on any atom is -0.398 e. The van der Waals surface area contributed by atoms with Gasteiger partial charge in [0.1, 0.15) is 0 Å². The number of nitrogen functional groups attached to an aromatic ring is 1. The van der Waals surface area contributed by atoms with Gasteiger partial charge in [-0.15, -0.1) is 0 Å². The molecule has 2 aliphatic rings. The summed E-state index contributed by atoms with van der Waals surface area (Å²) in [5.41, 5.74) is 11.5. The SMILES string of the molecule is CC(=O)N1CCN(c2ccc(Nc3ncc4ccc(N)c(C5CCCC5)c4n3)cc2)CC1. The van der Waals surface area contributed by atoms with Crippen LogP contribution in [0.4, 0.5) is 23.0 Å². The van der Waals surface area contributed by atoms with Crippen LogP contribution in [0, 0.1) is 0 Å². The Morgan fingerprint density at radius 2 is 1.75 bits per heavy atom. The monoisotopic (exact) mass is 430 g/mol. The van der Waals surface area contributed by atoms with Crippen molar-refractivity contribution >= 4 is 39.8 Å². The van der Waals surface area contributed by atoms with E-state index in [2.05, 4.69) is 39.5 Å². The Morgan fingerprint density at radius 3 is 2.44 bits per heavy atom. The maximum absolute atomic E-state index is 11.5. The largest absolute Gasteiger partial charge is 0.398 e. The van der Waals surface area contributed by atoms with Crippen molar-refractivity contribution in [2.24, 2.45) is 0 Å². The highest BCUT2D eigenvalue weighted by atomic mass is 16.2. The number of nitrogens with one attached hydrogen (secondary N) is 1. The molecule has 166 valence electrons. The molecule has 0 bridgehead atoms. The van der Waals surface area contributed by atoms with Gasteiger partial charge in [-0.25, -0.2) is 9.97 Å². The summed E-state index contributed by atoms with van der Waals surface area (Å²) in [6, 6.07) is 12.3. The Labute approximate surface area is 188 Å². The maximum atomic E-state index is 11.5. The first-order valence-electron chi connectivity index (χ1n) is 11.5. The number of carbonyl (C=O) groups is 1. The number of anilines is 4. The summed E-state index contributed by atoms with van der Waals surface area (Å²) in [6.45, 7) is 4.88. The molecule has 32 heavy (non-hydrogen) atoms. The number of fused-ring (bicyclic) bond motifs is 1. The number of nitrogens with two attached hydrogens (primary N) is 1. The van der Waals surface area contributed by atoms with Crippen LogP contribution in [0.3, 0.4) is 0 Å². The Kier molecular flexibility index (Phi) is 5.55. The van der Waals surface area contributed by atoms with Crippen molar-refractivity contribution in [3.63, 3.8) is 0 Å². The van der Waals surface area contributed by atoms with Crippen LogP contribution < -0.4 is 16.0 Å².